The number of hydrogen-bond acceptors (Lipinski definition) is 2. The van der Waals surface area contributed by atoms with Crippen LogP contribution in [0.2, 0.25) is 0 Å². The maximum Gasteiger partial charge on any atom is 0.0991 e. The van der Waals surface area contributed by atoms with Crippen molar-refractivity contribution in [2.45, 2.75) is 0 Å². The number of nitrogens with zero attached hydrogens (tertiary/aromatic N) is 3. The van der Waals surface area contributed by atoms with E-state index in [-0.39, 0.29) is 0 Å². The molecule has 0 unspecified atom stereocenters. The average molecular weight is 726 g/mol. The Morgan fingerprint density at radius 3 is 1.39 bits per heavy atom. The normalized spacial score (nSPS) is 11.1. The standard InChI is InChI=1S/C54H35N3/c55-36-37-20-22-41(23-21-37)45-30-46(47-33-51(42-14-6-2-7-15-42)56-52(34-47)43-16-8-3-9-17-43)32-48(31-45)57-53-19-11-10-18-49(53)50-29-28-44(35-54(50)57)40-26-24-39(25-27-40)38-12-4-1-5-13-38/h1-35H. The minimum atomic E-state index is 0.635. The van der Waals surface area contributed by atoms with E-state index in [1.807, 2.05) is 36.4 Å². The van der Waals surface area contributed by atoms with Crippen molar-refractivity contribution in [3.8, 4) is 78.8 Å². The lowest BCUT2D eigenvalue weighted by molar-refractivity contribution is 1.18. The van der Waals surface area contributed by atoms with Gasteiger partial charge in [-0.25, -0.2) is 4.98 Å². The van der Waals surface area contributed by atoms with Crippen molar-refractivity contribution in [2.24, 2.45) is 0 Å². The summed E-state index contributed by atoms with van der Waals surface area (Å²) < 4.78 is 2.40. The van der Waals surface area contributed by atoms with Crippen molar-refractivity contribution < 1.29 is 0 Å². The van der Waals surface area contributed by atoms with Crippen molar-refractivity contribution in [3.05, 3.63) is 218 Å². The highest BCUT2D eigenvalue weighted by molar-refractivity contribution is 6.10. The molecule has 0 radical (unpaired) electrons. The first-order valence-electron chi connectivity index (χ1n) is 19.2. The van der Waals surface area contributed by atoms with E-state index in [9.17, 15) is 5.26 Å². The second-order valence-corrected chi connectivity index (χ2v) is 14.3. The molecule has 57 heavy (non-hydrogen) atoms. The van der Waals surface area contributed by atoms with Gasteiger partial charge in [0.2, 0.25) is 0 Å². The first-order valence-corrected chi connectivity index (χ1v) is 19.2. The number of fused-ring (bicyclic) bond motifs is 3. The van der Waals surface area contributed by atoms with Crippen molar-refractivity contribution in [1.29, 1.82) is 5.26 Å². The van der Waals surface area contributed by atoms with Gasteiger partial charge in [-0.1, -0.05) is 158 Å². The molecular formula is C54H35N3. The molecule has 0 fully saturated rings. The van der Waals surface area contributed by atoms with Gasteiger partial charge in [0.15, 0.2) is 0 Å². The van der Waals surface area contributed by atoms with Crippen LogP contribution in [0, 0.1) is 11.3 Å². The summed E-state index contributed by atoms with van der Waals surface area (Å²) in [6.45, 7) is 0. The largest absolute Gasteiger partial charge is 0.309 e. The SMILES string of the molecule is N#Cc1ccc(-c2cc(-c3cc(-c4ccccc4)nc(-c4ccccc4)c3)cc(-n3c4ccccc4c4ccc(-c5ccc(-c6ccccc6)cc5)cc43)c2)cc1. The fourth-order valence-electron chi connectivity index (χ4n) is 7.94. The molecule has 0 aliphatic rings. The number of benzene rings is 8. The quantitative estimate of drug-likeness (QED) is 0.164. The highest BCUT2D eigenvalue weighted by Crippen LogP contribution is 2.39. The molecule has 0 saturated heterocycles. The monoisotopic (exact) mass is 725 g/mol. The Morgan fingerprint density at radius 1 is 0.333 bits per heavy atom. The lowest BCUT2D eigenvalue weighted by Crippen LogP contribution is -1.97. The summed E-state index contributed by atoms with van der Waals surface area (Å²) in [6, 6.07) is 77.0. The summed E-state index contributed by atoms with van der Waals surface area (Å²) in [5.74, 6) is 0. The number of pyridine rings is 1. The highest BCUT2D eigenvalue weighted by atomic mass is 15.0. The van der Waals surface area contributed by atoms with Crippen LogP contribution in [0.25, 0.3) is 94.5 Å². The zero-order valence-corrected chi connectivity index (χ0v) is 31.0. The molecule has 0 bridgehead atoms. The number of aromatic nitrogens is 2. The highest BCUT2D eigenvalue weighted by Gasteiger charge is 2.17. The van der Waals surface area contributed by atoms with E-state index in [1.54, 1.807) is 0 Å². The summed E-state index contributed by atoms with van der Waals surface area (Å²) in [5, 5.41) is 12.0. The summed E-state index contributed by atoms with van der Waals surface area (Å²) in [5.41, 5.74) is 16.9. The van der Waals surface area contributed by atoms with E-state index in [0.29, 0.717) is 5.56 Å². The number of hydrogen-bond donors (Lipinski definition) is 0. The van der Waals surface area contributed by atoms with Gasteiger partial charge < -0.3 is 4.57 Å². The molecule has 0 saturated carbocycles. The van der Waals surface area contributed by atoms with Gasteiger partial charge in [0, 0.05) is 27.6 Å². The van der Waals surface area contributed by atoms with Crippen molar-refractivity contribution in [3.63, 3.8) is 0 Å². The second kappa shape index (κ2) is 14.5. The smallest absolute Gasteiger partial charge is 0.0991 e. The lowest BCUT2D eigenvalue weighted by atomic mass is 9.95. The summed E-state index contributed by atoms with van der Waals surface area (Å²) in [7, 11) is 0. The molecule has 2 heterocycles. The van der Waals surface area contributed by atoms with Gasteiger partial charge in [0.05, 0.1) is 34.1 Å². The number of nitriles is 1. The van der Waals surface area contributed by atoms with Crippen LogP contribution in [-0.4, -0.2) is 9.55 Å². The van der Waals surface area contributed by atoms with Gasteiger partial charge in [-0.15, -0.1) is 0 Å². The van der Waals surface area contributed by atoms with E-state index in [0.717, 1.165) is 67.1 Å². The lowest BCUT2D eigenvalue weighted by Gasteiger charge is -2.16. The van der Waals surface area contributed by atoms with Gasteiger partial charge in [-0.2, -0.15) is 5.26 Å². The van der Waals surface area contributed by atoms with Crippen LogP contribution < -0.4 is 0 Å². The predicted octanol–water partition coefficient (Wildman–Crippen LogP) is 14.1. The third-order valence-corrected chi connectivity index (χ3v) is 10.8. The van der Waals surface area contributed by atoms with Crippen LogP contribution in [-0.2, 0) is 0 Å². The zero-order chi connectivity index (χ0) is 38.1. The minimum Gasteiger partial charge on any atom is -0.309 e. The molecule has 2 aromatic heterocycles. The Morgan fingerprint density at radius 2 is 0.772 bits per heavy atom. The minimum absolute atomic E-state index is 0.635. The van der Waals surface area contributed by atoms with Gasteiger partial charge >= 0.3 is 0 Å². The summed E-state index contributed by atoms with van der Waals surface area (Å²) in [4.78, 5) is 5.18. The van der Waals surface area contributed by atoms with Gasteiger partial charge in [-0.05, 0) is 99.1 Å². The van der Waals surface area contributed by atoms with Crippen LogP contribution >= 0.6 is 0 Å². The molecule has 0 aliphatic carbocycles. The van der Waals surface area contributed by atoms with Crippen molar-refractivity contribution in [1.82, 2.24) is 9.55 Å². The topological polar surface area (TPSA) is 41.6 Å². The van der Waals surface area contributed by atoms with E-state index in [1.165, 1.54) is 27.5 Å². The Labute approximate surface area is 332 Å². The van der Waals surface area contributed by atoms with Crippen molar-refractivity contribution in [2.75, 3.05) is 0 Å². The number of para-hydroxylation sites is 1. The van der Waals surface area contributed by atoms with Crippen LogP contribution in [0.15, 0.2) is 212 Å². The molecule has 0 amide bonds. The molecule has 10 aromatic rings. The molecule has 3 nitrogen and oxygen atoms in total. The second-order valence-electron chi connectivity index (χ2n) is 14.3. The summed E-state index contributed by atoms with van der Waals surface area (Å²) in [6.07, 6.45) is 0. The molecule has 266 valence electrons. The van der Waals surface area contributed by atoms with Crippen LogP contribution in [0.4, 0.5) is 0 Å². The first-order chi connectivity index (χ1) is 28.2. The molecule has 0 spiro atoms. The van der Waals surface area contributed by atoms with Gasteiger partial charge in [-0.3, -0.25) is 0 Å². The number of rotatable bonds is 7. The average Bonchev–Trinajstić information content (AvgIpc) is 3.63. The molecule has 0 N–H and O–H groups in total. The van der Waals surface area contributed by atoms with Crippen LogP contribution in [0.3, 0.4) is 0 Å². The Hall–Kier alpha value is -7.80. The molecule has 8 aromatic carbocycles. The van der Waals surface area contributed by atoms with Crippen LogP contribution in [0.1, 0.15) is 5.56 Å². The van der Waals surface area contributed by atoms with Crippen molar-refractivity contribution >= 4 is 21.8 Å². The third kappa shape index (κ3) is 6.46. The summed E-state index contributed by atoms with van der Waals surface area (Å²) >= 11 is 0. The van der Waals surface area contributed by atoms with Gasteiger partial charge in [0.25, 0.3) is 0 Å². The Bertz CT molecular complexity index is 3030. The first kappa shape index (κ1) is 33.7. The maximum atomic E-state index is 9.61. The zero-order valence-electron chi connectivity index (χ0n) is 31.0. The molecule has 0 aliphatic heterocycles. The van der Waals surface area contributed by atoms with Crippen LogP contribution in [0.5, 0.6) is 0 Å². The third-order valence-electron chi connectivity index (χ3n) is 10.8. The maximum absolute atomic E-state index is 9.61. The molecule has 0 atom stereocenters. The molecule has 10 rings (SSSR count). The molecular weight excluding hydrogens is 691 g/mol. The van der Waals surface area contributed by atoms with E-state index in [4.69, 9.17) is 4.98 Å². The predicted molar refractivity (Wildman–Crippen MR) is 236 cm³/mol. The Balaban J connectivity index is 1.19. The van der Waals surface area contributed by atoms with E-state index >= 15 is 0 Å². The fraction of sp³-hybridized carbons (Fsp3) is 0. The van der Waals surface area contributed by atoms with E-state index in [2.05, 4.69) is 187 Å². The van der Waals surface area contributed by atoms with E-state index < -0.39 is 0 Å². The molecule has 3 heteroatoms. The Kier molecular flexibility index (Phi) is 8.56. The van der Waals surface area contributed by atoms with Gasteiger partial charge in [0.1, 0.15) is 0 Å². The fourth-order valence-corrected chi connectivity index (χ4v) is 7.94.